The van der Waals surface area contributed by atoms with Crippen LogP contribution in [0.2, 0.25) is 0 Å². The van der Waals surface area contributed by atoms with Gasteiger partial charge >= 0.3 is 0 Å². The first-order chi connectivity index (χ1) is 14.5. The number of nitrogens with zero attached hydrogens (tertiary/aromatic N) is 5. The fraction of sp³-hybridized carbons (Fsp3) is 0.227. The Labute approximate surface area is 185 Å². The average Bonchev–Trinajstić information content (AvgIpc) is 3.36. The first-order valence-corrected chi connectivity index (χ1v) is 11.2. The van der Waals surface area contributed by atoms with Crippen molar-refractivity contribution in [3.8, 4) is 17.3 Å². The summed E-state index contributed by atoms with van der Waals surface area (Å²) in [5, 5.41) is 15.3. The zero-order valence-corrected chi connectivity index (χ0v) is 18.8. The number of pyridine rings is 1. The number of rotatable bonds is 4. The number of benzene rings is 1. The van der Waals surface area contributed by atoms with Crippen molar-refractivity contribution in [2.24, 2.45) is 0 Å². The molecule has 5 rings (SSSR count). The van der Waals surface area contributed by atoms with Gasteiger partial charge in [-0.05, 0) is 56.2 Å². The molecule has 30 heavy (non-hydrogen) atoms. The molecule has 0 N–H and O–H groups in total. The van der Waals surface area contributed by atoms with Crippen molar-refractivity contribution in [1.29, 1.82) is 5.26 Å². The van der Waals surface area contributed by atoms with Crippen LogP contribution in [0.3, 0.4) is 0 Å². The molecule has 1 aliphatic rings. The maximum absolute atomic E-state index is 13.3. The van der Waals surface area contributed by atoms with E-state index < -0.39 is 0 Å². The summed E-state index contributed by atoms with van der Waals surface area (Å²) in [5.41, 5.74) is 5.44. The van der Waals surface area contributed by atoms with Gasteiger partial charge in [0.2, 0.25) is 0 Å². The predicted molar refractivity (Wildman–Crippen MR) is 120 cm³/mol. The van der Waals surface area contributed by atoms with Crippen LogP contribution in [0, 0.1) is 24.1 Å². The second-order valence-corrected chi connectivity index (χ2v) is 9.37. The van der Waals surface area contributed by atoms with E-state index in [1.165, 1.54) is 23.5 Å². The number of fused-ring (bicyclic) bond motifs is 1. The summed E-state index contributed by atoms with van der Waals surface area (Å²) >= 11 is 4.94. The van der Waals surface area contributed by atoms with E-state index in [9.17, 15) is 9.65 Å². The van der Waals surface area contributed by atoms with Gasteiger partial charge in [-0.25, -0.2) is 13.9 Å². The Kier molecular flexibility index (Phi) is 4.60. The van der Waals surface area contributed by atoms with Gasteiger partial charge in [0.05, 0.1) is 16.9 Å². The lowest BCUT2D eigenvalue weighted by molar-refractivity contribution is 0.628. The summed E-state index contributed by atoms with van der Waals surface area (Å²) in [5.74, 6) is 0.138. The maximum Gasteiger partial charge on any atom is 0.191 e. The lowest BCUT2D eigenvalue weighted by Gasteiger charge is -2.16. The lowest BCUT2D eigenvalue weighted by atomic mass is 10.1. The smallest absolute Gasteiger partial charge is 0.191 e. The molecule has 3 aromatic heterocycles. The lowest BCUT2D eigenvalue weighted by Crippen LogP contribution is -2.10. The third-order valence-electron chi connectivity index (χ3n) is 5.30. The molecule has 1 aromatic carbocycles. The van der Waals surface area contributed by atoms with Crippen molar-refractivity contribution in [3.63, 3.8) is 0 Å². The van der Waals surface area contributed by atoms with Gasteiger partial charge in [-0.1, -0.05) is 27.3 Å². The summed E-state index contributed by atoms with van der Waals surface area (Å²) in [6.45, 7) is 2.04. The molecule has 8 heteroatoms. The highest BCUT2D eigenvalue weighted by Crippen LogP contribution is 2.47. The van der Waals surface area contributed by atoms with Gasteiger partial charge in [0.1, 0.15) is 22.5 Å². The number of anilines is 2. The number of nitriles is 1. The van der Waals surface area contributed by atoms with Gasteiger partial charge in [-0.2, -0.15) is 10.4 Å². The maximum atomic E-state index is 13.3. The van der Waals surface area contributed by atoms with Gasteiger partial charge in [-0.15, -0.1) is 0 Å². The minimum atomic E-state index is -0.314. The van der Waals surface area contributed by atoms with Crippen LogP contribution >= 0.6 is 27.3 Å². The fourth-order valence-electron chi connectivity index (χ4n) is 3.67. The Balaban J connectivity index is 1.66. The normalized spacial score (nSPS) is 13.6. The number of aryl methyl sites for hydroxylation is 1. The molecule has 150 valence electrons. The number of hydrogen-bond donors (Lipinski definition) is 0. The summed E-state index contributed by atoms with van der Waals surface area (Å²) in [7, 11) is 1.97. The molecular weight excluding hydrogens is 465 g/mol. The third kappa shape index (κ3) is 3.18. The van der Waals surface area contributed by atoms with E-state index in [4.69, 9.17) is 10.1 Å². The molecule has 0 bridgehead atoms. The molecule has 0 saturated heterocycles. The van der Waals surface area contributed by atoms with Crippen LogP contribution in [-0.2, 0) is 0 Å². The molecule has 0 radical (unpaired) electrons. The topological polar surface area (TPSA) is 57.2 Å². The van der Waals surface area contributed by atoms with E-state index >= 15 is 0 Å². The average molecular weight is 482 g/mol. The largest absolute Gasteiger partial charge is 0.317 e. The molecule has 1 fully saturated rings. The number of halogens is 2. The van der Waals surface area contributed by atoms with E-state index in [1.807, 2.05) is 29.5 Å². The molecule has 0 atom stereocenters. The third-order valence-corrected chi connectivity index (χ3v) is 6.79. The second kappa shape index (κ2) is 7.18. The highest BCUT2D eigenvalue weighted by molar-refractivity contribution is 9.10. The number of hydrogen-bond acceptors (Lipinski definition) is 5. The van der Waals surface area contributed by atoms with Crippen LogP contribution in [0.4, 0.5) is 15.2 Å². The van der Waals surface area contributed by atoms with Gasteiger partial charge in [0.15, 0.2) is 5.13 Å². The standard InChI is InChI=1S/C22H17BrFN5S/c1-12-9-15(23)10-17-21(20(14-3-4-14)27-29(12)17)28(2)22-26-19(18(11-25)30-22)13-5-7-16(24)8-6-13/h5-10,14H,3-4H2,1-2H3. The number of thiazole rings is 1. The van der Waals surface area contributed by atoms with Crippen molar-refractivity contribution in [3.05, 3.63) is 63.0 Å². The van der Waals surface area contributed by atoms with Crippen LogP contribution < -0.4 is 4.90 Å². The molecular formula is C22H17BrFN5S. The van der Waals surface area contributed by atoms with Gasteiger partial charge in [0.25, 0.3) is 0 Å². The zero-order chi connectivity index (χ0) is 21.0. The highest BCUT2D eigenvalue weighted by atomic mass is 79.9. The summed E-state index contributed by atoms with van der Waals surface area (Å²) in [4.78, 5) is 7.29. The SMILES string of the molecule is Cc1cc(Br)cc2c(N(C)c3nc(-c4ccc(F)cc4)c(C#N)s3)c(C3CC3)nn12. The Morgan fingerprint density at radius 1 is 1.27 bits per heavy atom. The van der Waals surface area contributed by atoms with E-state index in [0.717, 1.165) is 45.5 Å². The van der Waals surface area contributed by atoms with Crippen LogP contribution in [0.5, 0.6) is 0 Å². The molecule has 1 aliphatic carbocycles. The summed E-state index contributed by atoms with van der Waals surface area (Å²) in [6, 6.07) is 12.4. The van der Waals surface area contributed by atoms with Gasteiger partial charge < -0.3 is 4.90 Å². The van der Waals surface area contributed by atoms with E-state index in [-0.39, 0.29) is 5.82 Å². The Bertz CT molecular complexity index is 1310. The molecule has 4 aromatic rings. The minimum Gasteiger partial charge on any atom is -0.317 e. The molecule has 0 spiro atoms. The number of aromatic nitrogens is 3. The van der Waals surface area contributed by atoms with Crippen LogP contribution in [0.25, 0.3) is 16.8 Å². The zero-order valence-electron chi connectivity index (χ0n) is 16.4. The first kappa shape index (κ1) is 19.2. The van der Waals surface area contributed by atoms with Gasteiger partial charge in [-0.3, -0.25) is 0 Å². The van der Waals surface area contributed by atoms with Gasteiger partial charge in [0, 0.05) is 28.7 Å². The second-order valence-electron chi connectivity index (χ2n) is 7.47. The van der Waals surface area contributed by atoms with Crippen molar-refractivity contribution < 1.29 is 4.39 Å². The first-order valence-electron chi connectivity index (χ1n) is 9.55. The van der Waals surface area contributed by atoms with Crippen LogP contribution in [-0.4, -0.2) is 21.6 Å². The Hall–Kier alpha value is -2.76. The molecule has 0 amide bonds. The van der Waals surface area contributed by atoms with E-state index in [2.05, 4.69) is 28.1 Å². The molecule has 3 heterocycles. The Morgan fingerprint density at radius 3 is 2.67 bits per heavy atom. The minimum absolute atomic E-state index is 0.314. The quantitative estimate of drug-likeness (QED) is 0.348. The molecule has 0 aliphatic heterocycles. The van der Waals surface area contributed by atoms with E-state index in [1.54, 1.807) is 12.1 Å². The monoisotopic (exact) mass is 481 g/mol. The highest BCUT2D eigenvalue weighted by Gasteiger charge is 2.33. The molecule has 5 nitrogen and oxygen atoms in total. The van der Waals surface area contributed by atoms with Crippen molar-refractivity contribution in [2.75, 3.05) is 11.9 Å². The summed E-state index contributed by atoms with van der Waals surface area (Å²) in [6.07, 6.45) is 2.26. The molecule has 1 saturated carbocycles. The fourth-order valence-corrected chi connectivity index (χ4v) is 5.08. The Morgan fingerprint density at radius 2 is 2.00 bits per heavy atom. The van der Waals surface area contributed by atoms with Crippen LogP contribution in [0.1, 0.15) is 35.0 Å². The predicted octanol–water partition coefficient (Wildman–Crippen LogP) is 6.18. The van der Waals surface area contributed by atoms with Crippen molar-refractivity contribution in [2.45, 2.75) is 25.7 Å². The summed E-state index contributed by atoms with van der Waals surface area (Å²) < 4.78 is 16.3. The van der Waals surface area contributed by atoms with E-state index in [0.29, 0.717) is 21.6 Å². The van der Waals surface area contributed by atoms with Crippen LogP contribution in [0.15, 0.2) is 40.9 Å². The van der Waals surface area contributed by atoms with Crippen molar-refractivity contribution >= 4 is 43.6 Å². The molecule has 0 unspecified atom stereocenters. The van der Waals surface area contributed by atoms with Crippen molar-refractivity contribution in [1.82, 2.24) is 14.6 Å².